The summed E-state index contributed by atoms with van der Waals surface area (Å²) in [6, 6.07) is 10.3. The summed E-state index contributed by atoms with van der Waals surface area (Å²) >= 11 is 0. The third kappa shape index (κ3) is 5.15. The molecule has 1 aromatic carbocycles. The Morgan fingerprint density at radius 3 is 2.57 bits per heavy atom. The maximum atomic E-state index is 4.46. The standard InChI is InChI=1S/C16H22N4.HI/c1-16(2,3)20-15(17-4)19-11-13-8-5-7-12-9-6-10-18-14(12)13;/h5-10H,11H2,1-4H3,(H2,17,19,20);1H. The van der Waals surface area contributed by atoms with Crippen molar-refractivity contribution in [1.29, 1.82) is 0 Å². The minimum atomic E-state index is -0.0150. The number of benzene rings is 1. The van der Waals surface area contributed by atoms with Crippen LogP contribution in [0, 0.1) is 0 Å². The van der Waals surface area contributed by atoms with Crippen LogP contribution in [0.25, 0.3) is 10.9 Å². The summed E-state index contributed by atoms with van der Waals surface area (Å²) in [5.41, 5.74) is 2.19. The van der Waals surface area contributed by atoms with Gasteiger partial charge >= 0.3 is 0 Å². The fourth-order valence-electron chi connectivity index (χ4n) is 2.02. The van der Waals surface area contributed by atoms with Crippen LogP contribution in [0.5, 0.6) is 0 Å². The largest absolute Gasteiger partial charge is 0.352 e. The Morgan fingerprint density at radius 1 is 1.19 bits per heavy atom. The maximum Gasteiger partial charge on any atom is 0.191 e. The van der Waals surface area contributed by atoms with Crippen LogP contribution in [0.15, 0.2) is 41.5 Å². The number of hydrogen-bond acceptors (Lipinski definition) is 2. The van der Waals surface area contributed by atoms with Crippen molar-refractivity contribution in [2.75, 3.05) is 7.05 Å². The number of nitrogens with zero attached hydrogens (tertiary/aromatic N) is 2. The van der Waals surface area contributed by atoms with E-state index in [1.807, 2.05) is 12.3 Å². The average molecular weight is 398 g/mol. The minimum absolute atomic E-state index is 0. The fraction of sp³-hybridized carbons (Fsp3) is 0.375. The number of halogens is 1. The van der Waals surface area contributed by atoms with Gasteiger partial charge in [-0.05, 0) is 32.4 Å². The molecule has 0 spiro atoms. The first-order chi connectivity index (χ1) is 9.49. The lowest BCUT2D eigenvalue weighted by Gasteiger charge is -2.23. The molecule has 0 aliphatic carbocycles. The molecule has 0 aliphatic heterocycles. The van der Waals surface area contributed by atoms with Crippen molar-refractivity contribution in [3.8, 4) is 0 Å². The first kappa shape index (κ1) is 17.7. The molecule has 0 amide bonds. The smallest absolute Gasteiger partial charge is 0.191 e. The van der Waals surface area contributed by atoms with Crippen LogP contribution in [0.1, 0.15) is 26.3 Å². The van der Waals surface area contributed by atoms with E-state index in [9.17, 15) is 0 Å². The SMILES string of the molecule is CN=C(NCc1cccc2cccnc12)NC(C)(C)C.I. The number of hydrogen-bond donors (Lipinski definition) is 2. The molecule has 21 heavy (non-hydrogen) atoms. The van der Waals surface area contributed by atoms with Gasteiger partial charge in [-0.3, -0.25) is 9.98 Å². The Balaban J connectivity index is 0.00000220. The van der Waals surface area contributed by atoms with Gasteiger partial charge in [-0.2, -0.15) is 0 Å². The Bertz CT molecular complexity index is 612. The van der Waals surface area contributed by atoms with Gasteiger partial charge in [-0.1, -0.05) is 24.3 Å². The summed E-state index contributed by atoms with van der Waals surface area (Å²) in [6.45, 7) is 7.03. The summed E-state index contributed by atoms with van der Waals surface area (Å²) < 4.78 is 0. The highest BCUT2D eigenvalue weighted by Gasteiger charge is 2.11. The second-order valence-corrected chi connectivity index (χ2v) is 5.79. The molecule has 0 fully saturated rings. The van der Waals surface area contributed by atoms with E-state index in [1.165, 1.54) is 5.56 Å². The van der Waals surface area contributed by atoms with E-state index < -0.39 is 0 Å². The van der Waals surface area contributed by atoms with Crippen molar-refractivity contribution >= 4 is 40.8 Å². The lowest BCUT2D eigenvalue weighted by Crippen LogP contribution is -2.47. The van der Waals surface area contributed by atoms with E-state index in [1.54, 1.807) is 7.05 Å². The van der Waals surface area contributed by atoms with Crippen LogP contribution in [-0.2, 0) is 6.54 Å². The van der Waals surface area contributed by atoms with Gasteiger partial charge in [0, 0.05) is 30.7 Å². The Labute approximate surface area is 143 Å². The molecule has 2 N–H and O–H groups in total. The molecular weight excluding hydrogens is 375 g/mol. The van der Waals surface area contributed by atoms with Crippen molar-refractivity contribution in [3.63, 3.8) is 0 Å². The lowest BCUT2D eigenvalue weighted by molar-refractivity contribution is 0.501. The Morgan fingerprint density at radius 2 is 1.90 bits per heavy atom. The topological polar surface area (TPSA) is 49.3 Å². The second kappa shape index (κ2) is 7.59. The molecule has 2 aromatic rings. The molecule has 0 radical (unpaired) electrons. The molecule has 0 aliphatic rings. The zero-order chi connectivity index (χ0) is 14.6. The fourth-order valence-corrected chi connectivity index (χ4v) is 2.02. The van der Waals surface area contributed by atoms with Gasteiger partial charge in [-0.15, -0.1) is 24.0 Å². The van der Waals surface area contributed by atoms with E-state index in [0.717, 1.165) is 16.9 Å². The molecule has 4 nitrogen and oxygen atoms in total. The third-order valence-electron chi connectivity index (χ3n) is 2.88. The van der Waals surface area contributed by atoms with Gasteiger partial charge in [0.1, 0.15) is 0 Å². The molecule has 0 saturated carbocycles. The van der Waals surface area contributed by atoms with Gasteiger partial charge in [0.15, 0.2) is 5.96 Å². The molecule has 0 saturated heterocycles. The van der Waals surface area contributed by atoms with Crippen LogP contribution in [0.3, 0.4) is 0 Å². The monoisotopic (exact) mass is 398 g/mol. The van der Waals surface area contributed by atoms with Crippen molar-refractivity contribution in [2.24, 2.45) is 4.99 Å². The Hall–Kier alpha value is -1.37. The lowest BCUT2D eigenvalue weighted by atomic mass is 10.1. The van der Waals surface area contributed by atoms with Crippen LogP contribution < -0.4 is 10.6 Å². The number of pyridine rings is 1. The number of para-hydroxylation sites is 1. The minimum Gasteiger partial charge on any atom is -0.352 e. The third-order valence-corrected chi connectivity index (χ3v) is 2.88. The molecule has 2 rings (SSSR count). The van der Waals surface area contributed by atoms with Gasteiger partial charge in [0.05, 0.1) is 5.52 Å². The summed E-state index contributed by atoms with van der Waals surface area (Å²) in [7, 11) is 1.78. The number of aromatic nitrogens is 1. The number of aliphatic imine (C=N–C) groups is 1. The number of fused-ring (bicyclic) bond motifs is 1. The van der Waals surface area contributed by atoms with Crippen LogP contribution in [0.4, 0.5) is 0 Å². The van der Waals surface area contributed by atoms with E-state index in [-0.39, 0.29) is 29.5 Å². The Kier molecular flexibility index (Phi) is 6.39. The number of nitrogens with one attached hydrogen (secondary N) is 2. The van der Waals surface area contributed by atoms with Gasteiger partial charge in [-0.25, -0.2) is 0 Å². The molecule has 0 unspecified atom stereocenters. The number of rotatable bonds is 2. The van der Waals surface area contributed by atoms with Crippen molar-refractivity contribution < 1.29 is 0 Å². The van der Waals surface area contributed by atoms with Crippen LogP contribution >= 0.6 is 24.0 Å². The molecule has 0 bridgehead atoms. The zero-order valence-corrected chi connectivity index (χ0v) is 15.3. The van der Waals surface area contributed by atoms with E-state index >= 15 is 0 Å². The molecule has 0 atom stereocenters. The van der Waals surface area contributed by atoms with Crippen LogP contribution in [-0.4, -0.2) is 23.5 Å². The van der Waals surface area contributed by atoms with Crippen molar-refractivity contribution in [1.82, 2.24) is 15.6 Å². The summed E-state index contributed by atoms with van der Waals surface area (Å²) in [4.78, 5) is 8.70. The normalized spacial score (nSPS) is 11.9. The first-order valence-corrected chi connectivity index (χ1v) is 6.81. The summed E-state index contributed by atoms with van der Waals surface area (Å²) in [6.07, 6.45) is 1.83. The van der Waals surface area contributed by atoms with Crippen molar-refractivity contribution in [2.45, 2.75) is 32.9 Å². The van der Waals surface area contributed by atoms with Crippen molar-refractivity contribution in [3.05, 3.63) is 42.1 Å². The molecule has 1 heterocycles. The molecule has 1 aromatic heterocycles. The highest BCUT2D eigenvalue weighted by atomic mass is 127. The zero-order valence-electron chi connectivity index (χ0n) is 13.0. The highest BCUT2D eigenvalue weighted by Crippen LogP contribution is 2.15. The van der Waals surface area contributed by atoms with E-state index in [2.05, 4.69) is 65.6 Å². The molecule has 5 heteroatoms. The van der Waals surface area contributed by atoms with Gasteiger partial charge < -0.3 is 10.6 Å². The predicted octanol–water partition coefficient (Wildman–Crippen LogP) is 3.32. The summed E-state index contributed by atoms with van der Waals surface area (Å²) in [5, 5.41) is 7.83. The quantitative estimate of drug-likeness (QED) is 0.464. The maximum absolute atomic E-state index is 4.46. The van der Waals surface area contributed by atoms with Gasteiger partial charge in [0.2, 0.25) is 0 Å². The van der Waals surface area contributed by atoms with Gasteiger partial charge in [0.25, 0.3) is 0 Å². The first-order valence-electron chi connectivity index (χ1n) is 6.81. The van der Waals surface area contributed by atoms with Crippen LogP contribution in [0.2, 0.25) is 0 Å². The predicted molar refractivity (Wildman–Crippen MR) is 100 cm³/mol. The second-order valence-electron chi connectivity index (χ2n) is 5.79. The number of guanidine groups is 1. The summed E-state index contributed by atoms with van der Waals surface area (Å²) in [5.74, 6) is 0.797. The van der Waals surface area contributed by atoms with E-state index in [0.29, 0.717) is 6.54 Å². The highest BCUT2D eigenvalue weighted by molar-refractivity contribution is 14.0. The van der Waals surface area contributed by atoms with E-state index in [4.69, 9.17) is 0 Å². The average Bonchev–Trinajstić information content (AvgIpc) is 2.42. The molecule has 114 valence electrons. The molecular formula is C16H23IN4.